The molecule has 0 spiro atoms. The van der Waals surface area contributed by atoms with E-state index in [1.165, 1.54) is 48.7 Å². The van der Waals surface area contributed by atoms with E-state index in [9.17, 15) is 18.0 Å². The van der Waals surface area contributed by atoms with Crippen LogP contribution in [0.4, 0.5) is 18.0 Å². The molecule has 1 N–H and O–H groups in total. The Morgan fingerprint density at radius 2 is 2.11 bits per heavy atom. The van der Waals surface area contributed by atoms with E-state index in [0.717, 1.165) is 6.20 Å². The number of pyridine rings is 1. The van der Waals surface area contributed by atoms with Crippen molar-refractivity contribution in [2.75, 3.05) is 0 Å². The number of amides is 1. The zero-order valence-electron chi connectivity index (χ0n) is 13.9. The third-order valence-corrected chi connectivity index (χ3v) is 3.81. The quantitative estimate of drug-likeness (QED) is 0.634. The van der Waals surface area contributed by atoms with Gasteiger partial charge in [-0.05, 0) is 29.8 Å². The topological polar surface area (TPSA) is 63.6 Å². The summed E-state index contributed by atoms with van der Waals surface area (Å²) in [6.45, 7) is 0.0602. The first-order valence-corrected chi connectivity index (χ1v) is 7.92. The molecule has 1 amide bonds. The molecule has 0 unspecified atom stereocenters. The Balaban J connectivity index is 1.91. The van der Waals surface area contributed by atoms with Crippen LogP contribution in [0.1, 0.15) is 17.4 Å². The molecule has 2 atom stereocenters. The number of carbonyl (C=O) groups is 1. The standard InChI is InChI=1S/C19H14F3N3O2/c20-11-23-10-13(17-15(22)5-2-8-24-17)6-7-16-18(27-19(26)25-16)12-3-1-4-14(21)9-12/h1-11,16,18H,(H,25,26)/b7-6+,13-10+,23-11+/t16-,18-/m1/s1. The largest absolute Gasteiger partial charge is 0.439 e. The number of aliphatic imine (C=N–C) groups is 1. The maximum atomic E-state index is 14.0. The summed E-state index contributed by atoms with van der Waals surface area (Å²) in [6.07, 6.45) is 3.99. The van der Waals surface area contributed by atoms with Crippen molar-refractivity contribution in [2.24, 2.45) is 4.99 Å². The van der Waals surface area contributed by atoms with Gasteiger partial charge >= 0.3 is 6.09 Å². The molecule has 0 aliphatic carbocycles. The van der Waals surface area contributed by atoms with Crippen LogP contribution in [0.15, 0.2) is 65.9 Å². The van der Waals surface area contributed by atoms with Gasteiger partial charge in [0, 0.05) is 18.0 Å². The Hall–Kier alpha value is -3.42. The Kier molecular flexibility index (Phi) is 5.65. The van der Waals surface area contributed by atoms with Crippen LogP contribution >= 0.6 is 0 Å². The fourth-order valence-corrected chi connectivity index (χ4v) is 2.64. The number of carbonyl (C=O) groups excluding carboxylic acids is 1. The van der Waals surface area contributed by atoms with Gasteiger partial charge in [-0.2, -0.15) is 4.39 Å². The van der Waals surface area contributed by atoms with Crippen LogP contribution in [0, 0.1) is 11.6 Å². The van der Waals surface area contributed by atoms with Crippen LogP contribution in [0.25, 0.3) is 5.57 Å². The number of rotatable bonds is 5. The average Bonchev–Trinajstić information content (AvgIpc) is 3.03. The maximum absolute atomic E-state index is 14.0. The van der Waals surface area contributed by atoms with Crippen molar-refractivity contribution in [3.8, 4) is 0 Å². The molecule has 0 radical (unpaired) electrons. The number of nitrogens with zero attached hydrogens (tertiary/aromatic N) is 2. The van der Waals surface area contributed by atoms with Crippen LogP contribution in [-0.4, -0.2) is 23.6 Å². The van der Waals surface area contributed by atoms with E-state index in [1.54, 1.807) is 6.07 Å². The van der Waals surface area contributed by atoms with E-state index in [4.69, 9.17) is 4.74 Å². The Labute approximate surface area is 152 Å². The summed E-state index contributed by atoms with van der Waals surface area (Å²) >= 11 is 0. The number of ether oxygens (including phenoxy) is 1. The summed E-state index contributed by atoms with van der Waals surface area (Å²) in [4.78, 5) is 18.9. The van der Waals surface area contributed by atoms with Crippen molar-refractivity contribution >= 4 is 18.1 Å². The molecule has 138 valence electrons. The van der Waals surface area contributed by atoms with Crippen LogP contribution in [0.5, 0.6) is 0 Å². The molecule has 1 aromatic carbocycles. The van der Waals surface area contributed by atoms with E-state index < -0.39 is 29.9 Å². The lowest BCUT2D eigenvalue weighted by molar-refractivity contribution is 0.136. The molecule has 3 rings (SSSR count). The first kappa shape index (κ1) is 18.4. The highest BCUT2D eigenvalue weighted by Crippen LogP contribution is 2.28. The molecule has 0 bridgehead atoms. The summed E-state index contributed by atoms with van der Waals surface area (Å²) in [5, 5.41) is 2.58. The lowest BCUT2D eigenvalue weighted by atomic mass is 10.0. The zero-order valence-corrected chi connectivity index (χ0v) is 13.9. The van der Waals surface area contributed by atoms with Crippen molar-refractivity contribution in [3.63, 3.8) is 0 Å². The molecule has 1 aliphatic rings. The SMILES string of the molecule is O=C1N[C@H](/C=C/C(=C\N=C\F)c2ncccc2F)[C@@H](c2cccc(F)c2)O1. The van der Waals surface area contributed by atoms with Gasteiger partial charge < -0.3 is 10.1 Å². The number of benzene rings is 1. The van der Waals surface area contributed by atoms with Gasteiger partial charge in [0.05, 0.1) is 6.04 Å². The van der Waals surface area contributed by atoms with Crippen molar-refractivity contribution in [1.29, 1.82) is 0 Å². The minimum absolute atomic E-state index is 0.0353. The molecule has 1 saturated heterocycles. The molecule has 2 aromatic rings. The van der Waals surface area contributed by atoms with E-state index in [0.29, 0.717) is 5.56 Å². The predicted octanol–water partition coefficient (Wildman–Crippen LogP) is 4.10. The highest BCUT2D eigenvalue weighted by atomic mass is 19.1. The number of halogens is 3. The van der Waals surface area contributed by atoms with E-state index in [-0.39, 0.29) is 17.7 Å². The Morgan fingerprint density at radius 1 is 1.26 bits per heavy atom. The van der Waals surface area contributed by atoms with Gasteiger partial charge in [-0.25, -0.2) is 18.6 Å². The molecule has 1 fully saturated rings. The maximum Gasteiger partial charge on any atom is 0.408 e. The molecular formula is C19H14F3N3O2. The molecule has 27 heavy (non-hydrogen) atoms. The summed E-state index contributed by atoms with van der Waals surface area (Å²) in [5.41, 5.74) is 0.604. The van der Waals surface area contributed by atoms with Crippen LogP contribution in [0.2, 0.25) is 0 Å². The molecular weight excluding hydrogens is 359 g/mol. The number of hydrogen-bond donors (Lipinski definition) is 1. The van der Waals surface area contributed by atoms with Gasteiger partial charge in [0.1, 0.15) is 17.3 Å². The third-order valence-electron chi connectivity index (χ3n) is 3.81. The highest BCUT2D eigenvalue weighted by molar-refractivity contribution is 5.74. The van der Waals surface area contributed by atoms with Gasteiger partial charge in [0.2, 0.25) is 0 Å². The zero-order chi connectivity index (χ0) is 19.2. The smallest absolute Gasteiger partial charge is 0.408 e. The van der Waals surface area contributed by atoms with E-state index in [1.807, 2.05) is 0 Å². The average molecular weight is 373 g/mol. The van der Waals surface area contributed by atoms with Crippen molar-refractivity contribution in [2.45, 2.75) is 12.1 Å². The number of alkyl carbamates (subject to hydrolysis) is 1. The summed E-state index contributed by atoms with van der Waals surface area (Å²) in [7, 11) is 0. The second-order valence-electron chi connectivity index (χ2n) is 5.58. The number of allylic oxidation sites excluding steroid dienone is 2. The predicted molar refractivity (Wildman–Crippen MR) is 93.5 cm³/mol. The van der Waals surface area contributed by atoms with E-state index >= 15 is 0 Å². The Bertz CT molecular complexity index is 928. The number of aromatic nitrogens is 1. The summed E-state index contributed by atoms with van der Waals surface area (Å²) < 4.78 is 45.0. The molecule has 5 nitrogen and oxygen atoms in total. The molecule has 1 aliphatic heterocycles. The van der Waals surface area contributed by atoms with Gasteiger partial charge in [-0.1, -0.05) is 24.3 Å². The summed E-state index contributed by atoms with van der Waals surface area (Å²) in [5.74, 6) is -1.08. The number of nitrogens with one attached hydrogen (secondary N) is 1. The van der Waals surface area contributed by atoms with Gasteiger partial charge in [-0.3, -0.25) is 4.98 Å². The van der Waals surface area contributed by atoms with Crippen molar-refractivity contribution < 1.29 is 22.7 Å². The Morgan fingerprint density at radius 3 is 2.85 bits per heavy atom. The van der Waals surface area contributed by atoms with Gasteiger partial charge in [0.25, 0.3) is 0 Å². The summed E-state index contributed by atoms with van der Waals surface area (Å²) in [6, 6.07) is 7.64. The highest BCUT2D eigenvalue weighted by Gasteiger charge is 2.33. The monoisotopic (exact) mass is 373 g/mol. The first-order valence-electron chi connectivity index (χ1n) is 7.92. The van der Waals surface area contributed by atoms with Crippen molar-refractivity contribution in [3.05, 3.63) is 83.8 Å². The van der Waals surface area contributed by atoms with E-state index in [2.05, 4.69) is 15.3 Å². The third kappa shape index (κ3) is 4.41. The fraction of sp³-hybridized carbons (Fsp3) is 0.105. The molecule has 1 aromatic heterocycles. The number of cyclic esters (lactones) is 1. The molecule has 2 heterocycles. The first-order chi connectivity index (χ1) is 13.1. The lowest BCUT2D eigenvalue weighted by Crippen LogP contribution is -2.25. The molecule has 0 saturated carbocycles. The lowest BCUT2D eigenvalue weighted by Gasteiger charge is -2.14. The number of hydrogen-bond acceptors (Lipinski definition) is 4. The van der Waals surface area contributed by atoms with Crippen LogP contribution in [-0.2, 0) is 4.74 Å². The van der Waals surface area contributed by atoms with Crippen LogP contribution < -0.4 is 5.32 Å². The minimum Gasteiger partial charge on any atom is -0.439 e. The fourth-order valence-electron chi connectivity index (χ4n) is 2.64. The second-order valence-corrected chi connectivity index (χ2v) is 5.58. The van der Waals surface area contributed by atoms with Crippen LogP contribution in [0.3, 0.4) is 0 Å². The second kappa shape index (κ2) is 8.31. The van der Waals surface area contributed by atoms with Gasteiger partial charge in [0.15, 0.2) is 12.6 Å². The molecule has 8 heteroatoms. The normalized spacial score (nSPS) is 20.3. The van der Waals surface area contributed by atoms with Crippen molar-refractivity contribution in [1.82, 2.24) is 10.3 Å². The van der Waals surface area contributed by atoms with Gasteiger partial charge in [-0.15, -0.1) is 0 Å². The minimum atomic E-state index is -0.774.